The van der Waals surface area contributed by atoms with Crippen molar-refractivity contribution in [3.8, 4) is 0 Å². The summed E-state index contributed by atoms with van der Waals surface area (Å²) in [4.78, 5) is 24.5. The molecule has 1 saturated carbocycles. The summed E-state index contributed by atoms with van der Waals surface area (Å²) in [6, 6.07) is 3.76. The van der Waals surface area contributed by atoms with Crippen LogP contribution in [0.4, 0.5) is 0 Å². The Hall–Kier alpha value is -1.84. The van der Waals surface area contributed by atoms with E-state index in [1.54, 1.807) is 0 Å². The highest BCUT2D eigenvalue weighted by molar-refractivity contribution is 6.03. The van der Waals surface area contributed by atoms with E-state index >= 15 is 0 Å². The predicted molar refractivity (Wildman–Crippen MR) is 95.9 cm³/mol. The van der Waals surface area contributed by atoms with E-state index in [1.807, 2.05) is 12.1 Å². The summed E-state index contributed by atoms with van der Waals surface area (Å²) in [6.07, 6.45) is 5.60. The molecule has 0 saturated heterocycles. The van der Waals surface area contributed by atoms with Gasteiger partial charge in [0.25, 0.3) is 0 Å². The summed E-state index contributed by atoms with van der Waals surface area (Å²) in [7, 11) is 2.68. The maximum absolute atomic E-state index is 12.3. The van der Waals surface area contributed by atoms with Gasteiger partial charge in [-0.25, -0.2) is 9.59 Å². The van der Waals surface area contributed by atoms with Gasteiger partial charge in [0.1, 0.15) is 0 Å². The predicted octanol–water partition coefficient (Wildman–Crippen LogP) is 4.29. The van der Waals surface area contributed by atoms with Crippen molar-refractivity contribution in [2.45, 2.75) is 58.3 Å². The smallest absolute Gasteiger partial charge is 0.338 e. The monoisotopic (exact) mass is 344 g/mol. The number of carbonyl (C=O) groups excluding carboxylic acids is 2. The first-order chi connectivity index (χ1) is 11.7. The number of hydrogen-bond acceptors (Lipinski definition) is 4. The van der Waals surface area contributed by atoms with Crippen LogP contribution in [0.3, 0.4) is 0 Å². The van der Waals surface area contributed by atoms with Crippen LogP contribution in [0.25, 0.3) is 0 Å². The summed E-state index contributed by atoms with van der Waals surface area (Å²) in [5.74, 6) is -0.390. The molecule has 0 N–H and O–H groups in total. The van der Waals surface area contributed by atoms with Crippen LogP contribution in [0.1, 0.15) is 78.3 Å². The lowest BCUT2D eigenvalue weighted by molar-refractivity contribution is 0.0402. The van der Waals surface area contributed by atoms with Crippen molar-refractivity contribution in [2.75, 3.05) is 14.2 Å². The van der Waals surface area contributed by atoms with Crippen LogP contribution in [0.15, 0.2) is 12.1 Å². The Labute approximate surface area is 149 Å². The van der Waals surface area contributed by atoms with Crippen LogP contribution >= 0.6 is 0 Å². The van der Waals surface area contributed by atoms with Gasteiger partial charge in [-0.1, -0.05) is 27.2 Å². The molecule has 1 aromatic rings. The maximum atomic E-state index is 12.3. The fraction of sp³-hybridized carbons (Fsp3) is 0.619. The highest BCUT2D eigenvalue weighted by Gasteiger charge is 2.50. The molecule has 3 rings (SSSR count). The second-order valence-corrected chi connectivity index (χ2v) is 8.39. The van der Waals surface area contributed by atoms with Crippen molar-refractivity contribution in [3.05, 3.63) is 34.4 Å². The SMILES string of the molecule is COC(=O)c1cc2c(cc1C(=O)OC)[C@@]1(C)CCCC(C)(C)C1CC2. The largest absolute Gasteiger partial charge is 0.465 e. The highest BCUT2D eigenvalue weighted by Crippen LogP contribution is 2.57. The van der Waals surface area contributed by atoms with Crippen LogP contribution in [-0.4, -0.2) is 26.2 Å². The van der Waals surface area contributed by atoms with Crippen molar-refractivity contribution < 1.29 is 19.1 Å². The summed E-state index contributed by atoms with van der Waals surface area (Å²) in [5, 5.41) is 0. The van der Waals surface area contributed by atoms with Gasteiger partial charge in [0, 0.05) is 0 Å². The number of benzene rings is 1. The Morgan fingerprint density at radius 1 is 1.00 bits per heavy atom. The van der Waals surface area contributed by atoms with Gasteiger partial charge in [-0.2, -0.15) is 0 Å². The van der Waals surface area contributed by atoms with Gasteiger partial charge in [-0.05, 0) is 65.7 Å². The third-order valence-electron chi connectivity index (χ3n) is 6.60. The zero-order valence-corrected chi connectivity index (χ0v) is 15.9. The van der Waals surface area contributed by atoms with Gasteiger partial charge in [-0.15, -0.1) is 0 Å². The van der Waals surface area contributed by atoms with Gasteiger partial charge < -0.3 is 9.47 Å². The Kier molecular flexibility index (Phi) is 4.42. The Bertz CT molecular complexity index is 719. The zero-order valence-electron chi connectivity index (χ0n) is 15.9. The number of esters is 2. The lowest BCUT2D eigenvalue weighted by atomic mass is 9.50. The molecule has 1 unspecified atom stereocenters. The second-order valence-electron chi connectivity index (χ2n) is 8.39. The van der Waals surface area contributed by atoms with Crippen LogP contribution in [0.2, 0.25) is 0 Å². The standard InChI is InChI=1S/C21H28O4/c1-20(2)9-6-10-21(3)16-12-15(19(23)25-5)14(18(22)24-4)11-13(16)7-8-17(20)21/h11-12,17H,6-10H2,1-5H3/t17?,21-/m1/s1. The normalized spacial score (nSPS) is 27.0. The fourth-order valence-electron chi connectivity index (χ4n) is 5.39. The van der Waals surface area contributed by atoms with Crippen LogP contribution in [0.5, 0.6) is 0 Å². The number of hydrogen-bond donors (Lipinski definition) is 0. The first kappa shape index (κ1) is 18.0. The number of fused-ring (bicyclic) bond motifs is 3. The van der Waals surface area contributed by atoms with Crippen molar-refractivity contribution in [1.29, 1.82) is 0 Å². The molecule has 0 spiro atoms. The van der Waals surface area contributed by atoms with Crippen molar-refractivity contribution in [3.63, 3.8) is 0 Å². The molecule has 0 aliphatic heterocycles. The first-order valence-corrected chi connectivity index (χ1v) is 9.08. The van der Waals surface area contributed by atoms with E-state index < -0.39 is 11.9 Å². The number of methoxy groups -OCH3 is 2. The Morgan fingerprint density at radius 2 is 1.60 bits per heavy atom. The molecule has 0 heterocycles. The summed E-state index contributed by atoms with van der Waals surface area (Å²) in [6.45, 7) is 7.06. The maximum Gasteiger partial charge on any atom is 0.338 e. The summed E-state index contributed by atoms with van der Waals surface area (Å²) in [5.41, 5.74) is 3.34. The highest BCUT2D eigenvalue weighted by atomic mass is 16.5. The van der Waals surface area contributed by atoms with E-state index in [2.05, 4.69) is 20.8 Å². The quantitative estimate of drug-likeness (QED) is 0.751. The molecular formula is C21H28O4. The number of rotatable bonds is 2. The molecule has 4 heteroatoms. The fourth-order valence-corrected chi connectivity index (χ4v) is 5.39. The average Bonchev–Trinajstić information content (AvgIpc) is 2.58. The minimum absolute atomic E-state index is 0.0345. The molecule has 2 atom stereocenters. The Balaban J connectivity index is 2.19. The molecular weight excluding hydrogens is 316 g/mol. The molecule has 4 nitrogen and oxygen atoms in total. The molecule has 1 aromatic carbocycles. The lowest BCUT2D eigenvalue weighted by Crippen LogP contribution is -2.48. The average molecular weight is 344 g/mol. The second kappa shape index (κ2) is 6.15. The van der Waals surface area contributed by atoms with Crippen LogP contribution < -0.4 is 0 Å². The molecule has 0 radical (unpaired) electrons. The third-order valence-corrected chi connectivity index (χ3v) is 6.60. The van der Waals surface area contributed by atoms with Gasteiger partial charge in [0.05, 0.1) is 25.3 Å². The van der Waals surface area contributed by atoms with Crippen LogP contribution in [-0.2, 0) is 21.3 Å². The summed E-state index contributed by atoms with van der Waals surface area (Å²) < 4.78 is 9.81. The van der Waals surface area contributed by atoms with Crippen molar-refractivity contribution >= 4 is 11.9 Å². The molecule has 0 aromatic heterocycles. The number of aryl methyl sites for hydroxylation is 1. The molecule has 0 bridgehead atoms. The first-order valence-electron chi connectivity index (χ1n) is 9.08. The van der Waals surface area contributed by atoms with Gasteiger partial charge in [-0.3, -0.25) is 0 Å². The molecule has 136 valence electrons. The van der Waals surface area contributed by atoms with Gasteiger partial charge >= 0.3 is 11.9 Å². The Morgan fingerprint density at radius 3 is 2.20 bits per heavy atom. The van der Waals surface area contributed by atoms with Crippen molar-refractivity contribution in [2.24, 2.45) is 11.3 Å². The van der Waals surface area contributed by atoms with E-state index in [4.69, 9.17) is 9.47 Å². The van der Waals surface area contributed by atoms with Gasteiger partial charge in [0.2, 0.25) is 0 Å². The van der Waals surface area contributed by atoms with E-state index in [0.29, 0.717) is 17.0 Å². The van der Waals surface area contributed by atoms with E-state index in [9.17, 15) is 9.59 Å². The molecule has 0 amide bonds. The van der Waals surface area contributed by atoms with Gasteiger partial charge in [0.15, 0.2) is 0 Å². The number of ether oxygens (including phenoxy) is 2. The topological polar surface area (TPSA) is 52.6 Å². The van der Waals surface area contributed by atoms with E-state index in [-0.39, 0.29) is 10.8 Å². The molecule has 2 aliphatic rings. The zero-order chi connectivity index (χ0) is 18.4. The third kappa shape index (κ3) is 2.76. The van der Waals surface area contributed by atoms with E-state index in [0.717, 1.165) is 19.3 Å². The number of carbonyl (C=O) groups is 2. The van der Waals surface area contributed by atoms with Crippen molar-refractivity contribution in [1.82, 2.24) is 0 Å². The molecule has 2 aliphatic carbocycles. The minimum atomic E-state index is -0.487. The summed E-state index contributed by atoms with van der Waals surface area (Å²) >= 11 is 0. The molecule has 1 fully saturated rings. The molecule has 25 heavy (non-hydrogen) atoms. The van der Waals surface area contributed by atoms with Crippen LogP contribution in [0, 0.1) is 11.3 Å². The van der Waals surface area contributed by atoms with E-state index in [1.165, 1.54) is 38.2 Å². The minimum Gasteiger partial charge on any atom is -0.465 e. The lowest BCUT2D eigenvalue weighted by Gasteiger charge is -2.54.